The first kappa shape index (κ1) is 25.3. The van der Waals surface area contributed by atoms with Gasteiger partial charge in [-0.15, -0.1) is 0 Å². The highest BCUT2D eigenvalue weighted by Crippen LogP contribution is 2.34. The number of nitrogens with one attached hydrogen (secondary N) is 1. The number of nitrogens with zero attached hydrogens (tertiary/aromatic N) is 1. The average molecular weight is 437 g/mol. The van der Waals surface area contributed by atoms with Crippen LogP contribution in [0.3, 0.4) is 0 Å². The van der Waals surface area contributed by atoms with Crippen molar-refractivity contribution in [3.63, 3.8) is 0 Å². The van der Waals surface area contributed by atoms with Crippen LogP contribution in [0, 0.1) is 5.82 Å². The Morgan fingerprint density at radius 3 is 2.47 bits per heavy atom. The van der Waals surface area contributed by atoms with E-state index in [1.807, 2.05) is 19.2 Å². The van der Waals surface area contributed by atoms with E-state index in [2.05, 4.69) is 16.3 Å². The number of halogens is 2. The van der Waals surface area contributed by atoms with Crippen molar-refractivity contribution in [2.24, 2.45) is 0 Å². The number of carbonyl (C=O) groups excluding carboxylic acids is 2. The Labute approximate surface area is 180 Å². The number of aliphatic carboxylic acids is 1. The largest absolute Gasteiger partial charge is 0.481 e. The molecular formula is C22H26ClFN2O4. The molecule has 0 radical (unpaired) electrons. The van der Waals surface area contributed by atoms with Gasteiger partial charge >= 0.3 is 12.1 Å². The summed E-state index contributed by atoms with van der Waals surface area (Å²) >= 11 is 6.47. The third-order valence-corrected chi connectivity index (χ3v) is 4.75. The van der Waals surface area contributed by atoms with Gasteiger partial charge in [-0.3, -0.25) is 4.79 Å². The summed E-state index contributed by atoms with van der Waals surface area (Å²) in [6.45, 7) is 4.21. The number of anilines is 1. The summed E-state index contributed by atoms with van der Waals surface area (Å²) in [5.74, 6) is -0.946. The molecule has 1 heterocycles. The number of hydrogen-bond donors (Lipinski definition) is 2. The molecule has 0 amide bonds. The Hall–Kier alpha value is -2.73. The van der Waals surface area contributed by atoms with Crippen molar-refractivity contribution in [2.45, 2.75) is 32.7 Å². The van der Waals surface area contributed by atoms with Gasteiger partial charge in [0.25, 0.3) is 0 Å². The van der Waals surface area contributed by atoms with Crippen LogP contribution in [0.5, 0.6) is 0 Å². The van der Waals surface area contributed by atoms with Crippen LogP contribution in [0.4, 0.5) is 10.1 Å². The zero-order valence-corrected chi connectivity index (χ0v) is 17.8. The van der Waals surface area contributed by atoms with E-state index in [1.165, 1.54) is 17.2 Å². The molecule has 6 nitrogen and oxygen atoms in total. The number of carboxylic acid groups (broad SMARTS) is 1. The maximum absolute atomic E-state index is 13.4. The van der Waals surface area contributed by atoms with E-state index in [-0.39, 0.29) is 18.4 Å². The second kappa shape index (κ2) is 13.5. The Balaban J connectivity index is 0.000000485. The Morgan fingerprint density at radius 1 is 1.23 bits per heavy atom. The van der Waals surface area contributed by atoms with E-state index in [0.29, 0.717) is 6.54 Å². The van der Waals surface area contributed by atoms with Crippen molar-refractivity contribution in [3.8, 4) is 0 Å². The molecule has 8 heteroatoms. The number of rotatable bonds is 4. The summed E-state index contributed by atoms with van der Waals surface area (Å²) in [6.07, 6.45) is 2.46. The predicted molar refractivity (Wildman–Crippen MR) is 113 cm³/mol. The monoisotopic (exact) mass is 436 g/mol. The van der Waals surface area contributed by atoms with E-state index in [1.54, 1.807) is 19.1 Å². The molecule has 0 aliphatic carbocycles. The van der Waals surface area contributed by atoms with Gasteiger partial charge in [0.05, 0.1) is 10.7 Å². The quantitative estimate of drug-likeness (QED) is 0.760. The fraction of sp³-hybridized carbons (Fsp3) is 0.364. The molecule has 30 heavy (non-hydrogen) atoms. The molecule has 1 aliphatic heterocycles. The zero-order valence-electron chi connectivity index (χ0n) is 17.1. The third-order valence-electron chi connectivity index (χ3n) is 4.45. The van der Waals surface area contributed by atoms with E-state index in [0.717, 1.165) is 42.2 Å². The molecule has 2 aromatic carbocycles. The van der Waals surface area contributed by atoms with Crippen LogP contribution in [0.25, 0.3) is 0 Å². The molecule has 0 bridgehead atoms. The second-order valence-corrected chi connectivity index (χ2v) is 7.01. The van der Waals surface area contributed by atoms with E-state index in [4.69, 9.17) is 26.3 Å². The van der Waals surface area contributed by atoms with Crippen molar-refractivity contribution in [3.05, 3.63) is 63.9 Å². The second-order valence-electron chi connectivity index (χ2n) is 6.60. The molecule has 0 saturated carbocycles. The Bertz CT molecular complexity index is 870. The van der Waals surface area contributed by atoms with Crippen molar-refractivity contribution in [1.29, 1.82) is 0 Å². The smallest absolute Gasteiger partial charge is 0.373 e. The summed E-state index contributed by atoms with van der Waals surface area (Å²) in [5.41, 5.74) is 4.70. The molecule has 0 atom stereocenters. The lowest BCUT2D eigenvalue weighted by Gasteiger charge is -2.25. The molecule has 3 rings (SSSR count). The topological polar surface area (TPSA) is 86.7 Å². The van der Waals surface area contributed by atoms with Gasteiger partial charge in [0.15, 0.2) is 0 Å². The minimum Gasteiger partial charge on any atom is -0.481 e. The van der Waals surface area contributed by atoms with Crippen LogP contribution < -0.4 is 10.2 Å². The van der Waals surface area contributed by atoms with Gasteiger partial charge in [-0.25, -0.2) is 4.39 Å². The molecule has 0 unspecified atom stereocenters. The van der Waals surface area contributed by atoms with Crippen molar-refractivity contribution >= 4 is 29.4 Å². The lowest BCUT2D eigenvalue weighted by molar-refractivity contribution is -0.191. The molecule has 2 N–H and O–H groups in total. The van der Waals surface area contributed by atoms with Gasteiger partial charge in [-0.1, -0.05) is 36.7 Å². The summed E-state index contributed by atoms with van der Waals surface area (Å²) < 4.78 is 13.4. The average Bonchev–Trinajstić information content (AvgIpc) is 2.94. The van der Waals surface area contributed by atoms with Crippen LogP contribution in [0.15, 0.2) is 36.4 Å². The highest BCUT2D eigenvalue weighted by molar-refractivity contribution is 6.33. The molecule has 0 fully saturated rings. The molecule has 0 saturated heterocycles. The first-order valence-electron chi connectivity index (χ1n) is 9.51. The highest BCUT2D eigenvalue weighted by atomic mass is 35.5. The molecule has 0 aromatic heterocycles. The summed E-state index contributed by atoms with van der Waals surface area (Å²) in [6, 6.07) is 10.8. The first-order chi connectivity index (χ1) is 14.3. The van der Waals surface area contributed by atoms with Crippen LogP contribution in [-0.4, -0.2) is 37.4 Å². The van der Waals surface area contributed by atoms with Gasteiger partial charge in [0.1, 0.15) is 5.82 Å². The van der Waals surface area contributed by atoms with Gasteiger partial charge < -0.3 is 15.3 Å². The van der Waals surface area contributed by atoms with E-state index >= 15 is 0 Å². The molecule has 162 valence electrons. The fourth-order valence-electron chi connectivity index (χ4n) is 3.13. The van der Waals surface area contributed by atoms with Crippen molar-refractivity contribution < 1.29 is 23.9 Å². The number of benzene rings is 2. The van der Waals surface area contributed by atoms with Gasteiger partial charge in [0, 0.05) is 20.0 Å². The number of carbonyl (C=O) groups is 1. The lowest BCUT2D eigenvalue weighted by atomic mass is 10.00. The highest BCUT2D eigenvalue weighted by Gasteiger charge is 2.17. The van der Waals surface area contributed by atoms with Crippen molar-refractivity contribution in [1.82, 2.24) is 5.32 Å². The van der Waals surface area contributed by atoms with Crippen LogP contribution in [0.1, 0.15) is 30.0 Å². The van der Waals surface area contributed by atoms with Gasteiger partial charge in [-0.05, 0) is 60.8 Å². The molecule has 1 aliphatic rings. The molecule has 2 aromatic rings. The predicted octanol–water partition coefficient (Wildman–Crippen LogP) is 3.70. The van der Waals surface area contributed by atoms with Crippen molar-refractivity contribution in [2.75, 3.05) is 25.0 Å². The van der Waals surface area contributed by atoms with Crippen LogP contribution in [-0.2, 0) is 33.8 Å². The Kier molecular flexibility index (Phi) is 11.4. The maximum Gasteiger partial charge on any atom is 0.373 e. The number of hydrogen-bond acceptors (Lipinski definition) is 5. The van der Waals surface area contributed by atoms with Crippen LogP contribution in [0.2, 0.25) is 5.02 Å². The number of fused-ring (bicyclic) bond motifs is 1. The Morgan fingerprint density at radius 2 is 1.87 bits per heavy atom. The SMILES string of the molecule is CCC(=O)O.CN(Cc1cccc(F)c1)c1c(Cl)ccc2c1CCNCC2.O=C=O. The molecule has 0 spiro atoms. The van der Waals surface area contributed by atoms with E-state index < -0.39 is 5.97 Å². The minimum atomic E-state index is -0.745. The normalized spacial score (nSPS) is 12.0. The number of carboxylic acids is 1. The fourth-order valence-corrected chi connectivity index (χ4v) is 3.45. The first-order valence-corrected chi connectivity index (χ1v) is 9.89. The minimum absolute atomic E-state index is 0.201. The summed E-state index contributed by atoms with van der Waals surface area (Å²) in [7, 11) is 2.02. The zero-order chi connectivity index (χ0) is 22.5. The van der Waals surface area contributed by atoms with Gasteiger partial charge in [0.2, 0.25) is 0 Å². The standard InChI is InChI=1S/C18H20ClFN2.C3H6O2.CO2/c1-22(12-13-3-2-4-15(20)11-13)18-16-8-10-21-9-7-14(16)5-6-17(18)19;1-2-3(4)5;2-1-3/h2-6,11,21H,7-10,12H2,1H3;2H2,1H3,(H,4,5);. The lowest BCUT2D eigenvalue weighted by Crippen LogP contribution is -2.20. The van der Waals surface area contributed by atoms with Gasteiger partial charge in [-0.2, -0.15) is 9.59 Å². The van der Waals surface area contributed by atoms with Crippen LogP contribution >= 0.6 is 11.6 Å². The molecular weight excluding hydrogens is 411 g/mol. The third kappa shape index (κ3) is 8.33. The van der Waals surface area contributed by atoms with E-state index in [9.17, 15) is 9.18 Å². The summed E-state index contributed by atoms with van der Waals surface area (Å²) in [4.78, 5) is 27.7. The maximum atomic E-state index is 13.4. The summed E-state index contributed by atoms with van der Waals surface area (Å²) in [5, 5.41) is 11.9.